The molecule has 1 amide bonds. The second kappa shape index (κ2) is 5.28. The lowest BCUT2D eigenvalue weighted by Gasteiger charge is -2.60. The van der Waals surface area contributed by atoms with Gasteiger partial charge in [0.1, 0.15) is 0 Å². The second-order valence-corrected chi connectivity index (χ2v) is 9.39. The molecule has 3 nitrogen and oxygen atoms in total. The van der Waals surface area contributed by atoms with Crippen LogP contribution in [0.2, 0.25) is 0 Å². The Kier molecular flexibility index (Phi) is 3.91. The molecule has 20 heavy (non-hydrogen) atoms. The minimum absolute atomic E-state index is 0.111. The number of rotatable bonds is 5. The van der Waals surface area contributed by atoms with E-state index in [4.69, 9.17) is 4.74 Å². The van der Waals surface area contributed by atoms with Crippen LogP contribution in [0.15, 0.2) is 0 Å². The van der Waals surface area contributed by atoms with E-state index in [2.05, 4.69) is 21.2 Å². The fourth-order valence-electron chi connectivity index (χ4n) is 5.50. The van der Waals surface area contributed by atoms with Crippen molar-refractivity contribution in [3.8, 4) is 0 Å². The summed E-state index contributed by atoms with van der Waals surface area (Å²) in [5.74, 6) is 1.91. The number of methoxy groups -OCH3 is 1. The van der Waals surface area contributed by atoms with Crippen LogP contribution in [0.1, 0.15) is 51.9 Å². The quantitative estimate of drug-likeness (QED) is 0.778. The first kappa shape index (κ1) is 14.8. The molecule has 0 aromatic rings. The third kappa shape index (κ3) is 2.92. The fourth-order valence-corrected chi connectivity index (χ4v) is 7.01. The van der Waals surface area contributed by atoms with Crippen molar-refractivity contribution in [3.05, 3.63) is 0 Å². The van der Waals surface area contributed by atoms with E-state index in [1.165, 1.54) is 38.5 Å². The molecule has 4 rings (SSSR count). The average molecular weight is 344 g/mol. The first-order valence-corrected chi connectivity index (χ1v) is 8.69. The maximum Gasteiger partial charge on any atom is 0.220 e. The van der Waals surface area contributed by atoms with Gasteiger partial charge in [-0.25, -0.2) is 0 Å². The third-order valence-corrected chi connectivity index (χ3v) is 6.40. The maximum atomic E-state index is 12.3. The van der Waals surface area contributed by atoms with E-state index < -0.39 is 0 Å². The summed E-state index contributed by atoms with van der Waals surface area (Å²) in [6, 6.07) is 0.111. The number of carbonyl (C=O) groups is 1. The van der Waals surface area contributed by atoms with Crippen molar-refractivity contribution in [1.82, 2.24) is 5.32 Å². The van der Waals surface area contributed by atoms with Crippen molar-refractivity contribution in [1.29, 1.82) is 0 Å². The van der Waals surface area contributed by atoms with Gasteiger partial charge in [0.25, 0.3) is 0 Å². The van der Waals surface area contributed by atoms with Gasteiger partial charge in [-0.05, 0) is 62.7 Å². The molecule has 4 aliphatic carbocycles. The Morgan fingerprint density at radius 3 is 2.55 bits per heavy atom. The monoisotopic (exact) mass is 343 g/mol. The number of halogens is 1. The van der Waals surface area contributed by atoms with Gasteiger partial charge in [0.05, 0.1) is 6.61 Å². The Labute approximate surface area is 130 Å². The lowest BCUT2D eigenvalue weighted by molar-refractivity contribution is -0.129. The van der Waals surface area contributed by atoms with E-state index in [0.717, 1.165) is 11.8 Å². The molecule has 3 atom stereocenters. The zero-order valence-corrected chi connectivity index (χ0v) is 14.2. The van der Waals surface area contributed by atoms with Gasteiger partial charge in [-0.2, -0.15) is 0 Å². The number of nitrogens with one attached hydrogen (secondary N) is 1. The molecule has 0 aromatic carbocycles. The van der Waals surface area contributed by atoms with Gasteiger partial charge in [0.15, 0.2) is 0 Å². The van der Waals surface area contributed by atoms with Crippen molar-refractivity contribution >= 4 is 21.8 Å². The van der Waals surface area contributed by atoms with Gasteiger partial charge in [-0.3, -0.25) is 4.79 Å². The molecule has 0 spiro atoms. The number of hydrogen-bond acceptors (Lipinski definition) is 2. The first-order chi connectivity index (χ1) is 9.42. The molecule has 0 radical (unpaired) electrons. The van der Waals surface area contributed by atoms with Crippen LogP contribution in [0.5, 0.6) is 0 Å². The molecule has 0 unspecified atom stereocenters. The average Bonchev–Trinajstić information content (AvgIpc) is 2.23. The highest BCUT2D eigenvalue weighted by Crippen LogP contribution is 2.65. The number of hydrogen-bond donors (Lipinski definition) is 1. The van der Waals surface area contributed by atoms with E-state index in [1.54, 1.807) is 7.11 Å². The summed E-state index contributed by atoms with van der Waals surface area (Å²) in [7, 11) is 1.68. The Hall–Kier alpha value is -0.0900. The van der Waals surface area contributed by atoms with Crippen LogP contribution < -0.4 is 5.32 Å². The molecule has 1 N–H and O–H groups in total. The zero-order valence-electron chi connectivity index (χ0n) is 12.6. The van der Waals surface area contributed by atoms with Crippen molar-refractivity contribution in [2.75, 3.05) is 13.7 Å². The fraction of sp³-hybridized carbons (Fsp3) is 0.938. The molecule has 4 saturated carbocycles. The summed E-state index contributed by atoms with van der Waals surface area (Å²) < 4.78 is 5.43. The molecular formula is C16H26BrNO2. The topological polar surface area (TPSA) is 38.3 Å². The number of carbonyl (C=O) groups excluding carboxylic acids is 1. The van der Waals surface area contributed by atoms with Crippen LogP contribution in [0.4, 0.5) is 0 Å². The minimum Gasteiger partial charge on any atom is -0.383 e. The molecule has 4 bridgehead atoms. The van der Waals surface area contributed by atoms with E-state index in [0.29, 0.717) is 17.4 Å². The summed E-state index contributed by atoms with van der Waals surface area (Å²) in [5, 5.41) is 3.09. The molecule has 4 aliphatic rings. The first-order valence-electron chi connectivity index (χ1n) is 7.89. The van der Waals surface area contributed by atoms with Crippen LogP contribution in [0, 0.1) is 17.3 Å². The minimum atomic E-state index is 0.111. The summed E-state index contributed by atoms with van der Waals surface area (Å²) in [6.07, 6.45) is 8.49. The van der Waals surface area contributed by atoms with Gasteiger partial charge < -0.3 is 10.1 Å². The highest BCUT2D eigenvalue weighted by Gasteiger charge is 2.57. The van der Waals surface area contributed by atoms with Crippen LogP contribution in [0.3, 0.4) is 0 Å². The van der Waals surface area contributed by atoms with Gasteiger partial charge in [0.2, 0.25) is 5.91 Å². The van der Waals surface area contributed by atoms with Gasteiger partial charge in [-0.15, -0.1) is 0 Å². The second-order valence-electron chi connectivity index (χ2n) is 7.71. The molecule has 4 heteroatoms. The number of amides is 1. The van der Waals surface area contributed by atoms with Gasteiger partial charge in [-0.1, -0.05) is 15.9 Å². The molecule has 4 fully saturated rings. The summed E-state index contributed by atoms with van der Waals surface area (Å²) in [6.45, 7) is 2.60. The van der Waals surface area contributed by atoms with Gasteiger partial charge >= 0.3 is 0 Å². The highest BCUT2D eigenvalue weighted by molar-refractivity contribution is 9.10. The lowest BCUT2D eigenvalue weighted by atomic mass is 9.48. The molecule has 114 valence electrons. The normalized spacial score (nSPS) is 43.5. The van der Waals surface area contributed by atoms with Crippen LogP contribution >= 0.6 is 15.9 Å². The third-order valence-electron chi connectivity index (χ3n) is 5.47. The SMILES string of the molecule is COC[C@@H](C)NC(=O)CC12C[C@H]3C[C@@H](CC(Br)(C3)C1)C2. The summed E-state index contributed by atoms with van der Waals surface area (Å²) in [5.41, 5.74) is 0.268. The van der Waals surface area contributed by atoms with Crippen molar-refractivity contribution in [3.63, 3.8) is 0 Å². The Bertz CT molecular complexity index is 384. The van der Waals surface area contributed by atoms with E-state index >= 15 is 0 Å². The largest absolute Gasteiger partial charge is 0.383 e. The number of ether oxygens (including phenoxy) is 1. The summed E-state index contributed by atoms with van der Waals surface area (Å²) >= 11 is 4.01. The Morgan fingerprint density at radius 2 is 2.00 bits per heavy atom. The van der Waals surface area contributed by atoms with Gasteiger partial charge in [0, 0.05) is 23.9 Å². The van der Waals surface area contributed by atoms with Crippen LogP contribution in [-0.2, 0) is 9.53 Å². The predicted octanol–water partition coefficient (Wildman–Crippen LogP) is 3.26. The van der Waals surface area contributed by atoms with E-state index in [1.807, 2.05) is 6.92 Å². The smallest absolute Gasteiger partial charge is 0.220 e. The summed E-state index contributed by atoms with van der Waals surface area (Å²) in [4.78, 5) is 12.3. The maximum absolute atomic E-state index is 12.3. The molecular weight excluding hydrogens is 318 g/mol. The van der Waals surface area contributed by atoms with Crippen molar-refractivity contribution in [2.45, 2.75) is 62.2 Å². The molecule has 0 saturated heterocycles. The van der Waals surface area contributed by atoms with E-state index in [9.17, 15) is 4.79 Å². The molecule has 0 heterocycles. The Balaban J connectivity index is 1.63. The highest BCUT2D eigenvalue weighted by atomic mass is 79.9. The Morgan fingerprint density at radius 1 is 1.35 bits per heavy atom. The lowest BCUT2D eigenvalue weighted by Crippen LogP contribution is -2.54. The standard InChI is InChI=1S/C16H26BrNO2/c1-11(9-20-2)18-14(19)8-15-4-12-3-13(5-15)7-16(17,6-12)10-15/h11-13H,3-10H2,1-2H3,(H,18,19)/t11-,12-,13-,15?,16?/m1/s1. The zero-order chi connectivity index (χ0) is 14.4. The number of alkyl halides is 1. The molecule has 0 aromatic heterocycles. The van der Waals surface area contributed by atoms with Crippen molar-refractivity contribution < 1.29 is 9.53 Å². The van der Waals surface area contributed by atoms with E-state index in [-0.39, 0.29) is 17.4 Å². The predicted molar refractivity (Wildman–Crippen MR) is 82.9 cm³/mol. The van der Waals surface area contributed by atoms with Crippen molar-refractivity contribution in [2.24, 2.45) is 17.3 Å². The molecule has 0 aliphatic heterocycles. The van der Waals surface area contributed by atoms with Crippen LogP contribution in [0.25, 0.3) is 0 Å². The van der Waals surface area contributed by atoms with Crippen LogP contribution in [-0.4, -0.2) is 30.0 Å².